The Labute approximate surface area is 73.0 Å². The van der Waals surface area contributed by atoms with Crippen LogP contribution in [0.3, 0.4) is 0 Å². The van der Waals surface area contributed by atoms with Gasteiger partial charge < -0.3 is 9.84 Å². The van der Waals surface area contributed by atoms with Gasteiger partial charge in [0.25, 0.3) is 0 Å². The van der Waals surface area contributed by atoms with Gasteiger partial charge in [-0.25, -0.2) is 4.79 Å². The zero-order chi connectivity index (χ0) is 9.72. The first-order valence-electron chi connectivity index (χ1n) is 3.98. The zero-order valence-corrected chi connectivity index (χ0v) is 8.05. The molecular formula is C9H16O3. The van der Waals surface area contributed by atoms with Gasteiger partial charge in [-0.15, -0.1) is 0 Å². The number of hydrogen-bond acceptors (Lipinski definition) is 3. The predicted octanol–water partition coefficient (Wildman–Crippen LogP) is 1.27. The van der Waals surface area contributed by atoms with Crippen molar-refractivity contribution in [2.45, 2.75) is 33.3 Å². The minimum Gasteiger partial charge on any atom is -0.466 e. The van der Waals surface area contributed by atoms with Crippen molar-refractivity contribution in [2.75, 3.05) is 7.11 Å². The van der Waals surface area contributed by atoms with Gasteiger partial charge in [-0.2, -0.15) is 0 Å². The Morgan fingerprint density at radius 2 is 2.00 bits per heavy atom. The normalized spacial score (nSPS) is 15.1. The highest BCUT2D eigenvalue weighted by molar-refractivity contribution is 5.88. The number of hydrogen-bond donors (Lipinski definition) is 1. The van der Waals surface area contributed by atoms with Gasteiger partial charge in [0.05, 0.1) is 13.2 Å². The van der Waals surface area contributed by atoms with Gasteiger partial charge in [-0.05, 0) is 25.8 Å². The second-order valence-electron chi connectivity index (χ2n) is 2.72. The lowest BCUT2D eigenvalue weighted by molar-refractivity contribution is -0.136. The summed E-state index contributed by atoms with van der Waals surface area (Å²) >= 11 is 0. The van der Waals surface area contributed by atoms with E-state index in [9.17, 15) is 9.90 Å². The van der Waals surface area contributed by atoms with Gasteiger partial charge in [0.15, 0.2) is 0 Å². The molecule has 0 aliphatic rings. The number of rotatable bonds is 3. The molecule has 0 amide bonds. The van der Waals surface area contributed by atoms with E-state index in [-0.39, 0.29) is 5.97 Å². The van der Waals surface area contributed by atoms with Gasteiger partial charge in [0.1, 0.15) is 0 Å². The Morgan fingerprint density at radius 3 is 2.33 bits per heavy atom. The van der Waals surface area contributed by atoms with E-state index in [0.29, 0.717) is 17.6 Å². The summed E-state index contributed by atoms with van der Waals surface area (Å²) in [5.41, 5.74) is 1.18. The molecule has 0 aliphatic carbocycles. The third-order valence-electron chi connectivity index (χ3n) is 1.97. The molecule has 0 aromatic rings. The number of carbonyl (C=O) groups excluding carboxylic acids is 1. The molecule has 0 spiro atoms. The summed E-state index contributed by atoms with van der Waals surface area (Å²) in [6.45, 7) is 5.25. The van der Waals surface area contributed by atoms with E-state index < -0.39 is 6.10 Å². The number of ether oxygens (including phenoxy) is 1. The molecule has 0 aromatic carbocycles. The summed E-state index contributed by atoms with van der Waals surface area (Å²) < 4.78 is 4.52. The third-order valence-corrected chi connectivity index (χ3v) is 1.97. The van der Waals surface area contributed by atoms with E-state index in [1.165, 1.54) is 7.11 Å². The van der Waals surface area contributed by atoms with Crippen molar-refractivity contribution in [1.29, 1.82) is 0 Å². The molecule has 1 atom stereocenters. The van der Waals surface area contributed by atoms with Crippen molar-refractivity contribution in [1.82, 2.24) is 0 Å². The lowest BCUT2D eigenvalue weighted by Gasteiger charge is -2.10. The largest absolute Gasteiger partial charge is 0.466 e. The number of aliphatic hydroxyl groups excluding tert-OH is 1. The maximum absolute atomic E-state index is 11.0. The van der Waals surface area contributed by atoms with Crippen molar-refractivity contribution in [3.8, 4) is 0 Å². The molecule has 3 nitrogen and oxygen atoms in total. The molecule has 0 bridgehead atoms. The number of methoxy groups -OCH3 is 1. The van der Waals surface area contributed by atoms with Gasteiger partial charge >= 0.3 is 5.97 Å². The fraction of sp³-hybridized carbons (Fsp3) is 0.667. The number of esters is 1. The minimum absolute atomic E-state index is 0.375. The molecule has 1 N–H and O–H groups in total. The summed E-state index contributed by atoms with van der Waals surface area (Å²) in [6.07, 6.45) is 0.0734. The molecule has 3 heteroatoms. The highest BCUT2D eigenvalue weighted by Crippen LogP contribution is 2.11. The van der Waals surface area contributed by atoms with Crippen LogP contribution in [-0.4, -0.2) is 24.3 Å². The SMILES string of the molecule is CC[C@@H](O)/C(C)=C(\C)C(=O)OC. The van der Waals surface area contributed by atoms with Crippen LogP contribution < -0.4 is 0 Å². The fourth-order valence-corrected chi connectivity index (χ4v) is 0.870. The first kappa shape index (κ1) is 11.2. The van der Waals surface area contributed by atoms with E-state index in [0.717, 1.165) is 0 Å². The van der Waals surface area contributed by atoms with Crippen LogP contribution >= 0.6 is 0 Å². The highest BCUT2D eigenvalue weighted by Gasteiger charge is 2.12. The summed E-state index contributed by atoms with van der Waals surface area (Å²) in [7, 11) is 1.33. The van der Waals surface area contributed by atoms with Crippen LogP contribution in [0.1, 0.15) is 27.2 Å². The molecule has 0 saturated heterocycles. The molecule has 70 valence electrons. The zero-order valence-electron chi connectivity index (χ0n) is 8.05. The van der Waals surface area contributed by atoms with Gasteiger partial charge in [0.2, 0.25) is 0 Å². The molecular weight excluding hydrogens is 156 g/mol. The smallest absolute Gasteiger partial charge is 0.333 e. The number of carbonyl (C=O) groups is 1. The molecule has 0 fully saturated rings. The van der Waals surface area contributed by atoms with E-state index in [2.05, 4.69) is 4.74 Å². The van der Waals surface area contributed by atoms with Crippen LogP contribution in [-0.2, 0) is 9.53 Å². The van der Waals surface area contributed by atoms with E-state index >= 15 is 0 Å². The molecule has 0 heterocycles. The Bertz CT molecular complexity index is 194. The monoisotopic (exact) mass is 172 g/mol. The van der Waals surface area contributed by atoms with Crippen molar-refractivity contribution in [3.63, 3.8) is 0 Å². The lowest BCUT2D eigenvalue weighted by atomic mass is 10.0. The predicted molar refractivity (Wildman–Crippen MR) is 46.7 cm³/mol. The highest BCUT2D eigenvalue weighted by atomic mass is 16.5. The molecule has 0 saturated carbocycles. The molecule has 0 radical (unpaired) electrons. The van der Waals surface area contributed by atoms with Crippen molar-refractivity contribution in [3.05, 3.63) is 11.1 Å². The first-order chi connectivity index (χ1) is 5.54. The van der Waals surface area contributed by atoms with Crippen LogP contribution in [0.25, 0.3) is 0 Å². The van der Waals surface area contributed by atoms with Crippen LogP contribution in [0, 0.1) is 0 Å². The van der Waals surface area contributed by atoms with Gasteiger partial charge in [-0.3, -0.25) is 0 Å². The fourth-order valence-electron chi connectivity index (χ4n) is 0.870. The van der Waals surface area contributed by atoms with Gasteiger partial charge in [0, 0.05) is 5.57 Å². The Balaban J connectivity index is 4.56. The van der Waals surface area contributed by atoms with Crippen LogP contribution in [0.5, 0.6) is 0 Å². The van der Waals surface area contributed by atoms with Crippen molar-refractivity contribution in [2.24, 2.45) is 0 Å². The van der Waals surface area contributed by atoms with Crippen LogP contribution in [0.2, 0.25) is 0 Å². The second kappa shape index (κ2) is 4.93. The van der Waals surface area contributed by atoms with Crippen LogP contribution in [0.4, 0.5) is 0 Å². The average Bonchev–Trinajstić information content (AvgIpc) is 2.12. The second-order valence-corrected chi connectivity index (χ2v) is 2.72. The molecule has 12 heavy (non-hydrogen) atoms. The maximum Gasteiger partial charge on any atom is 0.333 e. The quantitative estimate of drug-likeness (QED) is 0.515. The van der Waals surface area contributed by atoms with E-state index in [1.54, 1.807) is 13.8 Å². The third kappa shape index (κ3) is 2.66. The van der Waals surface area contributed by atoms with Crippen molar-refractivity contribution < 1.29 is 14.6 Å². The molecule has 0 aromatic heterocycles. The summed E-state index contributed by atoms with van der Waals surface area (Å²) in [5, 5.41) is 9.38. The summed E-state index contributed by atoms with van der Waals surface area (Å²) in [5.74, 6) is -0.375. The Hall–Kier alpha value is -0.830. The average molecular weight is 172 g/mol. The number of aliphatic hydroxyl groups is 1. The van der Waals surface area contributed by atoms with Gasteiger partial charge in [-0.1, -0.05) is 6.92 Å². The van der Waals surface area contributed by atoms with E-state index in [1.807, 2.05) is 6.92 Å². The van der Waals surface area contributed by atoms with Crippen LogP contribution in [0.15, 0.2) is 11.1 Å². The van der Waals surface area contributed by atoms with E-state index in [4.69, 9.17) is 0 Å². The summed E-state index contributed by atoms with van der Waals surface area (Å²) in [6, 6.07) is 0. The minimum atomic E-state index is -0.538. The maximum atomic E-state index is 11.0. The molecule has 0 rings (SSSR count). The topological polar surface area (TPSA) is 46.5 Å². The lowest BCUT2D eigenvalue weighted by Crippen LogP contribution is -2.13. The van der Waals surface area contributed by atoms with Crippen molar-refractivity contribution >= 4 is 5.97 Å². The first-order valence-corrected chi connectivity index (χ1v) is 3.98. The Kier molecular flexibility index (Phi) is 4.59. The standard InChI is InChI=1S/C9H16O3/c1-5-8(10)6(2)7(3)9(11)12-4/h8,10H,5H2,1-4H3/b7-6+/t8-/m1/s1. The molecule has 0 aliphatic heterocycles. The Morgan fingerprint density at radius 1 is 1.50 bits per heavy atom. The summed E-state index contributed by atoms with van der Waals surface area (Å²) in [4.78, 5) is 11.0. The molecule has 0 unspecified atom stereocenters.